The molecule has 130 valence electrons. The number of nitrogens with one attached hydrogen (secondary N) is 2. The molecule has 0 aliphatic heterocycles. The summed E-state index contributed by atoms with van der Waals surface area (Å²) in [6.45, 7) is 3.55. The second-order valence-electron chi connectivity index (χ2n) is 5.41. The lowest BCUT2D eigenvalue weighted by Gasteiger charge is -2.24. The predicted octanol–water partition coefficient (Wildman–Crippen LogP) is 4.02. The number of hydrogen-bond acceptors (Lipinski definition) is 5. The Morgan fingerprint density at radius 1 is 1.29 bits per heavy atom. The van der Waals surface area contributed by atoms with Gasteiger partial charge in [0.15, 0.2) is 17.4 Å². The zero-order chi connectivity index (χ0) is 18.1. The summed E-state index contributed by atoms with van der Waals surface area (Å²) in [5.74, 6) is -0.359. The molecule has 2 N–H and O–H groups in total. The first-order valence-electron chi connectivity index (χ1n) is 6.62. The Balaban J connectivity index is 2.08. The van der Waals surface area contributed by atoms with Crippen LogP contribution in [0.2, 0.25) is 0 Å². The number of carbonyl (C=O) groups excluding carboxylic acids is 1. The molecular formula is C13H13BrF3N5O2. The van der Waals surface area contributed by atoms with Crippen LogP contribution in [0.1, 0.15) is 25.3 Å². The van der Waals surface area contributed by atoms with Crippen LogP contribution in [0.25, 0.3) is 0 Å². The molecule has 0 saturated carbocycles. The largest absolute Gasteiger partial charge is 0.401 e. The SMILES string of the molecule is Cc1nc(Br)cnc1NC(=O)Nc1cc(C(C)(C)C(F)(F)F)on1. The highest BCUT2D eigenvalue weighted by Crippen LogP contribution is 2.40. The summed E-state index contributed by atoms with van der Waals surface area (Å²) in [7, 11) is 0. The van der Waals surface area contributed by atoms with Gasteiger partial charge in [-0.1, -0.05) is 5.16 Å². The van der Waals surface area contributed by atoms with Gasteiger partial charge in [-0.25, -0.2) is 14.8 Å². The first kappa shape index (κ1) is 18.2. The Bertz CT molecular complexity index is 760. The molecule has 0 aliphatic carbocycles. The summed E-state index contributed by atoms with van der Waals surface area (Å²) in [5, 5.41) is 8.11. The highest BCUT2D eigenvalue weighted by Gasteiger charge is 2.51. The summed E-state index contributed by atoms with van der Waals surface area (Å²) in [5.41, 5.74) is -1.77. The minimum absolute atomic E-state index is 0.150. The standard InChI is InChI=1S/C13H13BrF3N5O2/c1-6-10(18-5-8(14)19-6)21-11(23)20-9-4-7(24-22-9)12(2,3)13(15,16)17/h4-5H,1-3H3,(H2,18,20,21,22,23). The van der Waals surface area contributed by atoms with Crippen molar-refractivity contribution in [3.8, 4) is 0 Å². The Kier molecular flexibility index (Phi) is 4.83. The second kappa shape index (κ2) is 6.38. The molecule has 0 unspecified atom stereocenters. The molecule has 0 saturated heterocycles. The molecule has 2 rings (SSSR count). The van der Waals surface area contributed by atoms with Gasteiger partial charge >= 0.3 is 12.2 Å². The average Bonchev–Trinajstić information content (AvgIpc) is 2.89. The first-order chi connectivity index (χ1) is 11.0. The van der Waals surface area contributed by atoms with Crippen molar-refractivity contribution in [2.45, 2.75) is 32.4 Å². The molecule has 2 heterocycles. The van der Waals surface area contributed by atoms with E-state index in [1.54, 1.807) is 6.92 Å². The Morgan fingerprint density at radius 2 is 1.96 bits per heavy atom. The van der Waals surface area contributed by atoms with Crippen molar-refractivity contribution in [1.82, 2.24) is 15.1 Å². The molecule has 7 nitrogen and oxygen atoms in total. The van der Waals surface area contributed by atoms with Crippen molar-refractivity contribution in [1.29, 1.82) is 0 Å². The second-order valence-corrected chi connectivity index (χ2v) is 6.22. The number of anilines is 2. The highest BCUT2D eigenvalue weighted by atomic mass is 79.9. The number of amides is 2. The van der Waals surface area contributed by atoms with Crippen LogP contribution in [0.4, 0.5) is 29.6 Å². The van der Waals surface area contributed by atoms with E-state index >= 15 is 0 Å². The molecule has 11 heteroatoms. The quantitative estimate of drug-likeness (QED) is 0.801. The monoisotopic (exact) mass is 407 g/mol. The maximum absolute atomic E-state index is 12.9. The first-order valence-corrected chi connectivity index (χ1v) is 7.41. The number of urea groups is 1. The maximum Gasteiger partial charge on any atom is 0.401 e. The van der Waals surface area contributed by atoms with Gasteiger partial charge in [-0.3, -0.25) is 10.6 Å². The third-order valence-corrected chi connectivity index (χ3v) is 3.61. The topological polar surface area (TPSA) is 92.9 Å². The number of carbonyl (C=O) groups is 1. The highest BCUT2D eigenvalue weighted by molar-refractivity contribution is 9.10. The van der Waals surface area contributed by atoms with Crippen LogP contribution in [-0.2, 0) is 5.41 Å². The van der Waals surface area contributed by atoms with Gasteiger partial charge in [0.1, 0.15) is 10.0 Å². The molecule has 0 bridgehead atoms. The average molecular weight is 408 g/mol. The minimum Gasteiger partial charge on any atom is -0.358 e. The smallest absolute Gasteiger partial charge is 0.358 e. The van der Waals surface area contributed by atoms with Crippen LogP contribution in [0.15, 0.2) is 21.4 Å². The fraction of sp³-hybridized carbons (Fsp3) is 0.385. The molecule has 0 atom stereocenters. The van der Waals surface area contributed by atoms with E-state index in [1.165, 1.54) is 6.20 Å². The van der Waals surface area contributed by atoms with Gasteiger partial charge in [-0.15, -0.1) is 0 Å². The lowest BCUT2D eigenvalue weighted by Crippen LogP contribution is -2.35. The van der Waals surface area contributed by atoms with Gasteiger partial charge in [0.2, 0.25) is 0 Å². The molecule has 2 amide bonds. The molecule has 0 radical (unpaired) electrons. The summed E-state index contributed by atoms with van der Waals surface area (Å²) in [6, 6.07) is 0.284. The molecule has 0 aromatic carbocycles. The Hall–Kier alpha value is -2.17. The number of hydrogen-bond donors (Lipinski definition) is 2. The molecule has 2 aromatic heterocycles. The molecule has 2 aromatic rings. The van der Waals surface area contributed by atoms with E-state index in [0.29, 0.717) is 10.3 Å². The third kappa shape index (κ3) is 3.83. The van der Waals surface area contributed by atoms with E-state index in [2.05, 4.69) is 41.7 Å². The number of rotatable bonds is 3. The zero-order valence-corrected chi connectivity index (χ0v) is 14.4. The predicted molar refractivity (Wildman–Crippen MR) is 82.7 cm³/mol. The van der Waals surface area contributed by atoms with Crippen molar-refractivity contribution in [2.24, 2.45) is 0 Å². The van der Waals surface area contributed by atoms with Gasteiger partial charge < -0.3 is 4.52 Å². The van der Waals surface area contributed by atoms with Crippen molar-refractivity contribution in [2.75, 3.05) is 10.6 Å². The van der Waals surface area contributed by atoms with E-state index in [4.69, 9.17) is 4.52 Å². The normalized spacial score (nSPS) is 12.1. The van der Waals surface area contributed by atoms with Crippen molar-refractivity contribution >= 4 is 33.6 Å². The van der Waals surface area contributed by atoms with E-state index in [0.717, 1.165) is 19.9 Å². The van der Waals surface area contributed by atoms with Crippen molar-refractivity contribution in [3.05, 3.63) is 28.3 Å². The fourth-order valence-corrected chi connectivity index (χ4v) is 1.97. The van der Waals surface area contributed by atoms with Crippen LogP contribution >= 0.6 is 15.9 Å². The van der Waals surface area contributed by atoms with Gasteiger partial charge in [-0.05, 0) is 36.7 Å². The van der Waals surface area contributed by atoms with Crippen LogP contribution < -0.4 is 10.6 Å². The lowest BCUT2D eigenvalue weighted by atomic mass is 9.89. The summed E-state index contributed by atoms with van der Waals surface area (Å²) < 4.78 is 44.0. The van der Waals surface area contributed by atoms with Gasteiger partial charge in [0, 0.05) is 6.07 Å². The Morgan fingerprint density at radius 3 is 2.54 bits per heavy atom. The Labute approximate surface area is 143 Å². The number of alkyl halides is 3. The van der Waals surface area contributed by atoms with E-state index < -0.39 is 23.4 Å². The number of aryl methyl sites for hydroxylation is 1. The molecular weight excluding hydrogens is 395 g/mol. The number of aromatic nitrogens is 3. The summed E-state index contributed by atoms with van der Waals surface area (Å²) in [6.07, 6.45) is -3.13. The van der Waals surface area contributed by atoms with Crippen LogP contribution in [-0.4, -0.2) is 27.3 Å². The van der Waals surface area contributed by atoms with E-state index in [-0.39, 0.29) is 11.6 Å². The maximum atomic E-state index is 12.9. The van der Waals surface area contributed by atoms with Crippen LogP contribution in [0, 0.1) is 6.92 Å². The number of nitrogens with zero attached hydrogens (tertiary/aromatic N) is 3. The lowest BCUT2D eigenvalue weighted by molar-refractivity contribution is -0.185. The fourth-order valence-electron chi connectivity index (χ4n) is 1.60. The molecule has 0 fully saturated rings. The van der Waals surface area contributed by atoms with Gasteiger partial charge in [0.05, 0.1) is 11.9 Å². The molecule has 24 heavy (non-hydrogen) atoms. The summed E-state index contributed by atoms with van der Waals surface area (Å²) >= 11 is 3.14. The van der Waals surface area contributed by atoms with Gasteiger partial charge in [-0.2, -0.15) is 13.2 Å². The van der Waals surface area contributed by atoms with E-state index in [1.807, 2.05) is 0 Å². The molecule has 0 aliphatic rings. The van der Waals surface area contributed by atoms with Crippen LogP contribution in [0.3, 0.4) is 0 Å². The number of halogens is 4. The van der Waals surface area contributed by atoms with Crippen molar-refractivity contribution in [3.63, 3.8) is 0 Å². The van der Waals surface area contributed by atoms with Crippen molar-refractivity contribution < 1.29 is 22.5 Å². The van der Waals surface area contributed by atoms with E-state index in [9.17, 15) is 18.0 Å². The molecule has 0 spiro atoms. The zero-order valence-electron chi connectivity index (χ0n) is 12.8. The van der Waals surface area contributed by atoms with Crippen LogP contribution in [0.5, 0.6) is 0 Å². The van der Waals surface area contributed by atoms with Gasteiger partial charge in [0.25, 0.3) is 0 Å². The summed E-state index contributed by atoms with van der Waals surface area (Å²) in [4.78, 5) is 19.9. The minimum atomic E-state index is -4.52. The third-order valence-electron chi connectivity index (χ3n) is 3.23.